The molecule has 0 saturated carbocycles. The summed E-state index contributed by atoms with van der Waals surface area (Å²) in [5.74, 6) is -0.930. The lowest BCUT2D eigenvalue weighted by molar-refractivity contribution is -0.145. The Morgan fingerprint density at radius 1 is 1.33 bits per heavy atom. The largest absolute Gasteiger partial charge is 0.480 e. The summed E-state index contributed by atoms with van der Waals surface area (Å²) in [5.41, 5.74) is 0.526. The van der Waals surface area contributed by atoms with E-state index < -0.39 is 12.0 Å². The SMILES string of the molecule is O=C(O)C(c1cccc(Cl)c1Cl)N1CCOCC1. The molecule has 0 radical (unpaired) electrons. The summed E-state index contributed by atoms with van der Waals surface area (Å²) in [6, 6.07) is 4.27. The molecular weight excluding hydrogens is 277 g/mol. The van der Waals surface area contributed by atoms with Crippen LogP contribution in [0.5, 0.6) is 0 Å². The average molecular weight is 290 g/mol. The first-order valence-corrected chi connectivity index (χ1v) is 6.35. The average Bonchev–Trinajstić information content (AvgIpc) is 2.36. The predicted octanol–water partition coefficient (Wildman–Crippen LogP) is 2.45. The van der Waals surface area contributed by atoms with E-state index in [1.807, 2.05) is 4.90 Å². The highest BCUT2D eigenvalue weighted by Gasteiger charge is 2.30. The van der Waals surface area contributed by atoms with Gasteiger partial charge in [-0.1, -0.05) is 35.3 Å². The Balaban J connectivity index is 2.34. The Bertz CT molecular complexity index is 447. The smallest absolute Gasteiger partial charge is 0.325 e. The van der Waals surface area contributed by atoms with Crippen LogP contribution < -0.4 is 0 Å². The topological polar surface area (TPSA) is 49.8 Å². The van der Waals surface area contributed by atoms with Gasteiger partial charge in [-0.3, -0.25) is 9.69 Å². The van der Waals surface area contributed by atoms with Crippen LogP contribution >= 0.6 is 23.2 Å². The minimum atomic E-state index is -0.930. The fourth-order valence-corrected chi connectivity index (χ4v) is 2.46. The lowest BCUT2D eigenvalue weighted by Gasteiger charge is -2.32. The minimum Gasteiger partial charge on any atom is -0.480 e. The van der Waals surface area contributed by atoms with Gasteiger partial charge < -0.3 is 9.84 Å². The number of carbonyl (C=O) groups is 1. The number of carboxylic acid groups (broad SMARTS) is 1. The maximum atomic E-state index is 11.5. The Kier molecular flexibility index (Phi) is 4.45. The summed E-state index contributed by atoms with van der Waals surface area (Å²) in [4.78, 5) is 13.3. The molecule has 1 fully saturated rings. The van der Waals surface area contributed by atoms with Crippen molar-refractivity contribution in [2.45, 2.75) is 6.04 Å². The third kappa shape index (κ3) is 2.78. The number of ether oxygens (including phenoxy) is 1. The molecule has 2 rings (SSSR count). The molecule has 1 N–H and O–H groups in total. The number of hydrogen-bond donors (Lipinski definition) is 1. The van der Waals surface area contributed by atoms with Crippen LogP contribution in [0.25, 0.3) is 0 Å². The molecule has 1 unspecified atom stereocenters. The van der Waals surface area contributed by atoms with Gasteiger partial charge in [-0.25, -0.2) is 0 Å². The maximum Gasteiger partial charge on any atom is 0.325 e. The van der Waals surface area contributed by atoms with Gasteiger partial charge in [0.15, 0.2) is 0 Å². The second kappa shape index (κ2) is 5.89. The van der Waals surface area contributed by atoms with E-state index in [9.17, 15) is 9.90 Å². The Hall–Kier alpha value is -0.810. The van der Waals surface area contributed by atoms with E-state index in [4.69, 9.17) is 27.9 Å². The van der Waals surface area contributed by atoms with E-state index in [1.54, 1.807) is 18.2 Å². The zero-order valence-electron chi connectivity index (χ0n) is 9.60. The van der Waals surface area contributed by atoms with E-state index in [0.717, 1.165) is 0 Å². The summed E-state index contributed by atoms with van der Waals surface area (Å²) in [7, 11) is 0. The predicted molar refractivity (Wildman–Crippen MR) is 69.2 cm³/mol. The molecule has 1 aliphatic heterocycles. The molecule has 1 saturated heterocycles. The first kappa shape index (κ1) is 13.6. The molecule has 1 aromatic rings. The summed E-state index contributed by atoms with van der Waals surface area (Å²) in [5, 5.41) is 10.1. The molecule has 0 bridgehead atoms. The first-order valence-electron chi connectivity index (χ1n) is 5.60. The van der Waals surface area contributed by atoms with Crippen LogP contribution in [0, 0.1) is 0 Å². The van der Waals surface area contributed by atoms with Crippen LogP contribution in [-0.4, -0.2) is 42.3 Å². The van der Waals surface area contributed by atoms with Crippen LogP contribution in [0.2, 0.25) is 10.0 Å². The van der Waals surface area contributed by atoms with Crippen LogP contribution in [-0.2, 0) is 9.53 Å². The number of morpholine rings is 1. The van der Waals surface area contributed by atoms with Gasteiger partial charge in [0.2, 0.25) is 0 Å². The van der Waals surface area contributed by atoms with Crippen LogP contribution in [0.1, 0.15) is 11.6 Å². The third-order valence-corrected chi connectivity index (χ3v) is 3.75. The Morgan fingerprint density at radius 2 is 2.00 bits per heavy atom. The molecule has 4 nitrogen and oxygen atoms in total. The molecule has 0 spiro atoms. The van der Waals surface area contributed by atoms with Crippen molar-refractivity contribution in [1.82, 2.24) is 4.90 Å². The summed E-state index contributed by atoms with van der Waals surface area (Å²) in [6.07, 6.45) is 0. The molecule has 1 aliphatic rings. The molecule has 1 atom stereocenters. The Labute approximate surface area is 115 Å². The van der Waals surface area contributed by atoms with Crippen molar-refractivity contribution in [3.63, 3.8) is 0 Å². The highest BCUT2D eigenvalue weighted by Crippen LogP contribution is 2.33. The van der Waals surface area contributed by atoms with Gasteiger partial charge in [0.05, 0.1) is 23.3 Å². The molecule has 0 aromatic heterocycles. The lowest BCUT2D eigenvalue weighted by Crippen LogP contribution is -2.42. The molecule has 18 heavy (non-hydrogen) atoms. The summed E-state index contributed by atoms with van der Waals surface area (Å²) in [6.45, 7) is 2.20. The number of halogens is 2. The molecule has 0 aliphatic carbocycles. The second-order valence-corrected chi connectivity index (χ2v) is 4.82. The minimum absolute atomic E-state index is 0.304. The first-order chi connectivity index (χ1) is 8.61. The molecule has 98 valence electrons. The van der Waals surface area contributed by atoms with Gasteiger partial charge in [-0.2, -0.15) is 0 Å². The number of benzene rings is 1. The van der Waals surface area contributed by atoms with Gasteiger partial charge in [0.1, 0.15) is 6.04 Å². The van der Waals surface area contributed by atoms with Crippen LogP contribution in [0.3, 0.4) is 0 Å². The van der Waals surface area contributed by atoms with E-state index in [1.165, 1.54) is 0 Å². The molecular formula is C12H13Cl2NO3. The van der Waals surface area contributed by atoms with Crippen molar-refractivity contribution >= 4 is 29.2 Å². The summed E-state index contributed by atoms with van der Waals surface area (Å²) >= 11 is 12.0. The van der Waals surface area contributed by atoms with Crippen molar-refractivity contribution in [1.29, 1.82) is 0 Å². The summed E-state index contributed by atoms with van der Waals surface area (Å²) < 4.78 is 5.23. The fourth-order valence-electron chi connectivity index (χ4n) is 2.05. The molecule has 1 aromatic carbocycles. The van der Waals surface area contributed by atoms with E-state index in [0.29, 0.717) is 41.9 Å². The normalized spacial score (nSPS) is 18.6. The fraction of sp³-hybridized carbons (Fsp3) is 0.417. The van der Waals surface area contributed by atoms with Crippen molar-refractivity contribution in [2.75, 3.05) is 26.3 Å². The Morgan fingerprint density at radius 3 is 2.61 bits per heavy atom. The van der Waals surface area contributed by atoms with Crippen LogP contribution in [0.15, 0.2) is 18.2 Å². The third-order valence-electron chi connectivity index (χ3n) is 2.92. The van der Waals surface area contributed by atoms with Crippen molar-refractivity contribution in [2.24, 2.45) is 0 Å². The number of hydrogen-bond acceptors (Lipinski definition) is 3. The zero-order chi connectivity index (χ0) is 13.1. The number of carboxylic acids is 1. The van der Waals surface area contributed by atoms with E-state index in [-0.39, 0.29) is 0 Å². The maximum absolute atomic E-state index is 11.5. The van der Waals surface area contributed by atoms with E-state index in [2.05, 4.69) is 0 Å². The number of rotatable bonds is 3. The van der Waals surface area contributed by atoms with Crippen molar-refractivity contribution in [3.05, 3.63) is 33.8 Å². The van der Waals surface area contributed by atoms with Crippen molar-refractivity contribution in [3.8, 4) is 0 Å². The van der Waals surface area contributed by atoms with Gasteiger partial charge in [0.25, 0.3) is 0 Å². The lowest BCUT2D eigenvalue weighted by atomic mass is 10.0. The molecule has 0 amide bonds. The zero-order valence-corrected chi connectivity index (χ0v) is 11.1. The highest BCUT2D eigenvalue weighted by molar-refractivity contribution is 6.42. The monoisotopic (exact) mass is 289 g/mol. The molecule has 1 heterocycles. The van der Waals surface area contributed by atoms with E-state index >= 15 is 0 Å². The second-order valence-electron chi connectivity index (χ2n) is 4.03. The number of nitrogens with zero attached hydrogens (tertiary/aromatic N) is 1. The quantitative estimate of drug-likeness (QED) is 0.929. The van der Waals surface area contributed by atoms with Crippen LogP contribution in [0.4, 0.5) is 0 Å². The van der Waals surface area contributed by atoms with Gasteiger partial charge in [0, 0.05) is 18.7 Å². The van der Waals surface area contributed by atoms with Gasteiger partial charge in [-0.05, 0) is 6.07 Å². The van der Waals surface area contributed by atoms with Gasteiger partial charge >= 0.3 is 5.97 Å². The molecule has 6 heteroatoms. The number of aliphatic carboxylic acids is 1. The van der Waals surface area contributed by atoms with Gasteiger partial charge in [-0.15, -0.1) is 0 Å². The highest BCUT2D eigenvalue weighted by atomic mass is 35.5. The van der Waals surface area contributed by atoms with Crippen molar-refractivity contribution < 1.29 is 14.6 Å². The standard InChI is InChI=1S/C12H13Cl2NO3/c13-9-3-1-2-8(10(9)14)11(12(16)17)15-4-6-18-7-5-15/h1-3,11H,4-7H2,(H,16,17).